The van der Waals surface area contributed by atoms with Crippen molar-refractivity contribution in [3.8, 4) is 0 Å². The molecule has 1 atom stereocenters. The van der Waals surface area contributed by atoms with Crippen LogP contribution in [0.4, 0.5) is 35.9 Å². The molecular formula is C16H17F3N6O4. The lowest BCUT2D eigenvalue weighted by Crippen LogP contribution is -2.42. The molecule has 1 aromatic carbocycles. The van der Waals surface area contributed by atoms with Crippen LogP contribution in [0.2, 0.25) is 0 Å². The third kappa shape index (κ3) is 4.38. The van der Waals surface area contributed by atoms with Crippen LogP contribution in [-0.4, -0.2) is 38.8 Å². The average molecular weight is 414 g/mol. The van der Waals surface area contributed by atoms with Gasteiger partial charge < -0.3 is 10.2 Å². The van der Waals surface area contributed by atoms with Crippen molar-refractivity contribution < 1.29 is 23.0 Å². The highest BCUT2D eigenvalue weighted by Gasteiger charge is 2.38. The van der Waals surface area contributed by atoms with Crippen LogP contribution in [0.15, 0.2) is 24.5 Å². The van der Waals surface area contributed by atoms with Gasteiger partial charge in [-0.2, -0.15) is 18.3 Å². The lowest BCUT2D eigenvalue weighted by atomic mass is 10.0. The van der Waals surface area contributed by atoms with E-state index in [0.29, 0.717) is 38.1 Å². The Kier molecular flexibility index (Phi) is 5.31. The molecule has 29 heavy (non-hydrogen) atoms. The van der Waals surface area contributed by atoms with Gasteiger partial charge >= 0.3 is 6.18 Å². The second-order valence-electron chi connectivity index (χ2n) is 6.70. The van der Waals surface area contributed by atoms with Gasteiger partial charge in [-0.1, -0.05) is 0 Å². The molecule has 1 unspecified atom stereocenters. The van der Waals surface area contributed by atoms with Gasteiger partial charge in [0.2, 0.25) is 0 Å². The molecule has 3 rings (SSSR count). The summed E-state index contributed by atoms with van der Waals surface area (Å²) in [6.07, 6.45) is -0.284. The van der Waals surface area contributed by atoms with Crippen LogP contribution >= 0.6 is 0 Å². The fourth-order valence-electron chi connectivity index (χ4n) is 3.32. The zero-order valence-corrected chi connectivity index (χ0v) is 15.2. The minimum Gasteiger partial charge on any atom is -0.369 e. The predicted octanol–water partition coefficient (Wildman–Crippen LogP) is 3.34. The molecule has 2 heterocycles. The Hall–Kier alpha value is -3.38. The monoisotopic (exact) mass is 414 g/mol. The van der Waals surface area contributed by atoms with E-state index in [9.17, 15) is 33.4 Å². The molecule has 0 radical (unpaired) electrons. The first-order valence-corrected chi connectivity index (χ1v) is 8.60. The van der Waals surface area contributed by atoms with Crippen molar-refractivity contribution in [2.24, 2.45) is 7.05 Å². The number of aromatic nitrogens is 2. The molecule has 1 fully saturated rings. The molecule has 0 aliphatic carbocycles. The minimum atomic E-state index is -4.95. The zero-order valence-electron chi connectivity index (χ0n) is 15.2. The van der Waals surface area contributed by atoms with Gasteiger partial charge in [-0.15, -0.1) is 0 Å². The highest BCUT2D eigenvalue weighted by molar-refractivity contribution is 5.75. The van der Waals surface area contributed by atoms with E-state index in [1.807, 2.05) is 4.90 Å². The van der Waals surface area contributed by atoms with Crippen LogP contribution in [0.3, 0.4) is 0 Å². The molecule has 1 aliphatic heterocycles. The average Bonchev–Trinajstić information content (AvgIpc) is 3.07. The molecule has 1 saturated heterocycles. The third-order valence-electron chi connectivity index (χ3n) is 4.64. The first-order valence-electron chi connectivity index (χ1n) is 8.60. The summed E-state index contributed by atoms with van der Waals surface area (Å²) in [5.41, 5.74) is -3.11. The minimum absolute atomic E-state index is 0.317. The van der Waals surface area contributed by atoms with Gasteiger partial charge in [0.15, 0.2) is 5.69 Å². The van der Waals surface area contributed by atoms with Crippen LogP contribution in [0.1, 0.15) is 18.4 Å². The number of hydrogen-bond donors (Lipinski definition) is 1. The number of nitro groups is 2. The van der Waals surface area contributed by atoms with Gasteiger partial charge in [0.1, 0.15) is 0 Å². The summed E-state index contributed by atoms with van der Waals surface area (Å²) in [7, 11) is 1.75. The predicted molar refractivity (Wildman–Crippen MR) is 96.8 cm³/mol. The molecule has 10 nitrogen and oxygen atoms in total. The van der Waals surface area contributed by atoms with E-state index in [0.717, 1.165) is 5.69 Å². The summed E-state index contributed by atoms with van der Waals surface area (Å²) in [5, 5.41) is 29.5. The molecular weight excluding hydrogens is 397 g/mol. The Balaban J connectivity index is 1.94. The van der Waals surface area contributed by atoms with E-state index >= 15 is 0 Å². The number of piperidine rings is 1. The summed E-state index contributed by atoms with van der Waals surface area (Å²) < 4.78 is 40.7. The van der Waals surface area contributed by atoms with Gasteiger partial charge in [0.05, 0.1) is 27.3 Å². The van der Waals surface area contributed by atoms with Gasteiger partial charge in [-0.05, 0) is 12.8 Å². The van der Waals surface area contributed by atoms with E-state index in [2.05, 4.69) is 10.4 Å². The molecule has 0 bridgehead atoms. The van der Waals surface area contributed by atoms with Crippen LogP contribution in [-0.2, 0) is 13.2 Å². The van der Waals surface area contributed by atoms with Gasteiger partial charge in [-0.25, -0.2) is 0 Å². The van der Waals surface area contributed by atoms with Crippen LogP contribution in [0, 0.1) is 20.2 Å². The maximum Gasteiger partial charge on any atom is 0.416 e. The van der Waals surface area contributed by atoms with Gasteiger partial charge in [0, 0.05) is 44.5 Å². The van der Waals surface area contributed by atoms with E-state index in [1.54, 1.807) is 24.1 Å². The molecule has 13 heteroatoms. The number of nitrogens with one attached hydrogen (secondary N) is 1. The first-order chi connectivity index (χ1) is 13.6. The summed E-state index contributed by atoms with van der Waals surface area (Å²) in [4.78, 5) is 22.6. The molecule has 1 aromatic heterocycles. The lowest BCUT2D eigenvalue weighted by Gasteiger charge is -2.34. The fraction of sp³-hybridized carbons (Fsp3) is 0.438. The Morgan fingerprint density at radius 1 is 1.21 bits per heavy atom. The molecule has 0 saturated carbocycles. The second kappa shape index (κ2) is 7.56. The van der Waals surface area contributed by atoms with Crippen LogP contribution in [0.5, 0.6) is 0 Å². The highest BCUT2D eigenvalue weighted by Crippen LogP contribution is 2.41. The Bertz CT molecular complexity index is 910. The highest BCUT2D eigenvalue weighted by atomic mass is 19.4. The number of anilines is 2. The van der Waals surface area contributed by atoms with Crippen LogP contribution < -0.4 is 10.2 Å². The molecule has 156 valence electrons. The molecule has 1 aliphatic rings. The van der Waals surface area contributed by atoms with Crippen molar-refractivity contribution in [3.63, 3.8) is 0 Å². The van der Waals surface area contributed by atoms with E-state index < -0.39 is 44.7 Å². The number of benzene rings is 1. The number of alkyl halides is 3. The smallest absolute Gasteiger partial charge is 0.369 e. The summed E-state index contributed by atoms with van der Waals surface area (Å²) in [6.45, 7) is 1.06. The van der Waals surface area contributed by atoms with Crippen molar-refractivity contribution >= 4 is 22.7 Å². The maximum atomic E-state index is 13.0. The van der Waals surface area contributed by atoms with Crippen molar-refractivity contribution in [1.29, 1.82) is 0 Å². The van der Waals surface area contributed by atoms with Crippen molar-refractivity contribution in [2.75, 3.05) is 23.3 Å². The topological polar surface area (TPSA) is 119 Å². The fourth-order valence-corrected chi connectivity index (χ4v) is 3.32. The third-order valence-corrected chi connectivity index (χ3v) is 4.64. The van der Waals surface area contributed by atoms with Gasteiger partial charge in [-0.3, -0.25) is 24.9 Å². The number of nitro benzene ring substituents is 2. The molecule has 2 aromatic rings. The lowest BCUT2D eigenvalue weighted by molar-refractivity contribution is -0.392. The number of rotatable bonds is 5. The molecule has 0 spiro atoms. The summed E-state index contributed by atoms with van der Waals surface area (Å²) in [6, 6.07) is 0.201. The van der Waals surface area contributed by atoms with E-state index in [4.69, 9.17) is 0 Å². The number of aryl methyl sites for hydroxylation is 1. The molecule has 1 N–H and O–H groups in total. The Morgan fingerprint density at radius 3 is 2.31 bits per heavy atom. The second-order valence-corrected chi connectivity index (χ2v) is 6.70. The maximum absolute atomic E-state index is 13.0. The normalized spacial score (nSPS) is 17.2. The molecule has 0 amide bonds. The number of nitrogens with zero attached hydrogens (tertiary/aromatic N) is 5. The van der Waals surface area contributed by atoms with Crippen LogP contribution in [0.25, 0.3) is 0 Å². The van der Waals surface area contributed by atoms with E-state index in [1.165, 1.54) is 0 Å². The summed E-state index contributed by atoms with van der Waals surface area (Å²) in [5.74, 6) is 0. The number of hydrogen-bond acceptors (Lipinski definition) is 7. The zero-order chi connectivity index (χ0) is 21.3. The van der Waals surface area contributed by atoms with E-state index in [-0.39, 0.29) is 0 Å². The van der Waals surface area contributed by atoms with Crippen molar-refractivity contribution in [2.45, 2.75) is 25.1 Å². The SMILES string of the molecule is Cn1cc(N2CCCC(Nc3c([N+](=O)[O-])cc(C(F)(F)F)cc3[N+](=O)[O-])C2)cn1. The first kappa shape index (κ1) is 20.4. The van der Waals surface area contributed by atoms with Crippen molar-refractivity contribution in [3.05, 3.63) is 50.3 Å². The standard InChI is InChI=1S/C16H17F3N6O4/c1-22-9-12(7-20-22)23-4-2-3-11(8-23)21-15-13(24(26)27)5-10(16(17,18)19)6-14(15)25(28)29/h5-7,9,11,21H,2-4,8H2,1H3. The largest absolute Gasteiger partial charge is 0.416 e. The Labute approximate surface area is 162 Å². The number of halogens is 3. The van der Waals surface area contributed by atoms with Gasteiger partial charge in [0.25, 0.3) is 11.4 Å². The quantitative estimate of drug-likeness (QED) is 0.589. The Morgan fingerprint density at radius 2 is 1.83 bits per heavy atom. The van der Waals surface area contributed by atoms with Crippen molar-refractivity contribution in [1.82, 2.24) is 9.78 Å². The summed E-state index contributed by atoms with van der Waals surface area (Å²) >= 11 is 0.